The zero-order valence-corrected chi connectivity index (χ0v) is 15.0. The molecule has 1 amide bonds. The Morgan fingerprint density at radius 1 is 1.08 bits per heavy atom. The second kappa shape index (κ2) is 7.39. The van der Waals surface area contributed by atoms with Crippen LogP contribution in [0.25, 0.3) is 11.5 Å². The van der Waals surface area contributed by atoms with E-state index in [9.17, 15) is 9.59 Å². The molecular formula is C20H21N3O3. The summed E-state index contributed by atoms with van der Waals surface area (Å²) in [5, 5.41) is 7.09. The number of nitrogens with zero attached hydrogens (tertiary/aromatic N) is 2. The van der Waals surface area contributed by atoms with E-state index < -0.39 is 6.04 Å². The van der Waals surface area contributed by atoms with E-state index in [4.69, 9.17) is 4.42 Å². The molecule has 134 valence electrons. The Hall–Kier alpha value is -3.15. The van der Waals surface area contributed by atoms with E-state index in [0.29, 0.717) is 23.1 Å². The van der Waals surface area contributed by atoms with Gasteiger partial charge < -0.3 is 9.73 Å². The summed E-state index contributed by atoms with van der Waals surface area (Å²) in [6, 6.07) is 13.4. The molecule has 26 heavy (non-hydrogen) atoms. The summed E-state index contributed by atoms with van der Waals surface area (Å²) >= 11 is 0. The first-order valence-electron chi connectivity index (χ1n) is 8.50. The fourth-order valence-electron chi connectivity index (χ4n) is 2.57. The van der Waals surface area contributed by atoms with Crippen LogP contribution in [-0.4, -0.2) is 15.7 Å². The Morgan fingerprint density at radius 3 is 2.42 bits per heavy atom. The predicted octanol–water partition coefficient (Wildman–Crippen LogP) is 3.83. The highest BCUT2D eigenvalue weighted by Gasteiger charge is 2.18. The van der Waals surface area contributed by atoms with Gasteiger partial charge in [0.15, 0.2) is 5.76 Å². The first-order valence-corrected chi connectivity index (χ1v) is 8.50. The van der Waals surface area contributed by atoms with Gasteiger partial charge in [0.1, 0.15) is 11.7 Å². The first kappa shape index (κ1) is 17.7. The second-order valence-corrected chi connectivity index (χ2v) is 6.42. The quantitative estimate of drug-likeness (QED) is 0.758. The highest BCUT2D eigenvalue weighted by atomic mass is 16.3. The minimum Gasteiger partial charge on any atom is -0.463 e. The molecule has 3 aromatic rings. The van der Waals surface area contributed by atoms with Gasteiger partial charge in [0.2, 0.25) is 5.91 Å². The largest absolute Gasteiger partial charge is 0.463 e. The fourth-order valence-corrected chi connectivity index (χ4v) is 2.57. The molecule has 0 aliphatic heterocycles. The van der Waals surface area contributed by atoms with Crippen molar-refractivity contribution in [2.45, 2.75) is 32.7 Å². The molecule has 6 nitrogen and oxygen atoms in total. The first-order chi connectivity index (χ1) is 12.5. The third kappa shape index (κ3) is 3.74. The van der Waals surface area contributed by atoms with Crippen molar-refractivity contribution in [2.24, 2.45) is 0 Å². The van der Waals surface area contributed by atoms with Crippen molar-refractivity contribution in [3.05, 3.63) is 70.7 Å². The Kier molecular flexibility index (Phi) is 5.02. The van der Waals surface area contributed by atoms with E-state index in [2.05, 4.69) is 24.3 Å². The number of benzene rings is 1. The van der Waals surface area contributed by atoms with Crippen LogP contribution in [0.5, 0.6) is 0 Å². The van der Waals surface area contributed by atoms with Gasteiger partial charge in [-0.15, -0.1) is 0 Å². The molecule has 0 spiro atoms. The third-order valence-corrected chi connectivity index (χ3v) is 4.19. The van der Waals surface area contributed by atoms with E-state index in [1.54, 1.807) is 25.1 Å². The van der Waals surface area contributed by atoms with Crippen molar-refractivity contribution in [3.63, 3.8) is 0 Å². The molecule has 1 aromatic carbocycles. The van der Waals surface area contributed by atoms with E-state index in [-0.39, 0.29) is 11.5 Å². The number of nitrogens with one attached hydrogen (secondary N) is 1. The van der Waals surface area contributed by atoms with Crippen LogP contribution in [0.4, 0.5) is 5.69 Å². The molecule has 0 bridgehead atoms. The van der Waals surface area contributed by atoms with Crippen molar-refractivity contribution in [2.75, 3.05) is 5.32 Å². The number of aromatic nitrogens is 2. The standard InChI is InChI=1S/C20H21N3O3/c1-13(2)15-6-8-16(9-7-15)21-20(25)14(3)23-19(24)11-10-17(22-23)18-5-4-12-26-18/h4-14H,1-3H3,(H,21,25). The van der Waals surface area contributed by atoms with Crippen LogP contribution in [0, 0.1) is 0 Å². The normalized spacial score (nSPS) is 12.2. The highest BCUT2D eigenvalue weighted by Crippen LogP contribution is 2.19. The van der Waals surface area contributed by atoms with Gasteiger partial charge in [0.05, 0.1) is 6.26 Å². The van der Waals surface area contributed by atoms with E-state index in [0.717, 1.165) is 4.68 Å². The Labute approximate surface area is 151 Å². The number of furan rings is 1. The fraction of sp³-hybridized carbons (Fsp3) is 0.250. The topological polar surface area (TPSA) is 77.1 Å². The molecule has 2 aromatic heterocycles. The highest BCUT2D eigenvalue weighted by molar-refractivity contribution is 5.93. The van der Waals surface area contributed by atoms with Crippen molar-refractivity contribution in [1.82, 2.24) is 9.78 Å². The monoisotopic (exact) mass is 351 g/mol. The second-order valence-electron chi connectivity index (χ2n) is 6.42. The smallest absolute Gasteiger partial charge is 0.267 e. The van der Waals surface area contributed by atoms with Crippen LogP contribution in [0.2, 0.25) is 0 Å². The van der Waals surface area contributed by atoms with E-state index in [1.807, 2.05) is 24.3 Å². The number of rotatable bonds is 5. The molecule has 1 atom stereocenters. The summed E-state index contributed by atoms with van der Waals surface area (Å²) in [5.74, 6) is 0.648. The summed E-state index contributed by atoms with van der Waals surface area (Å²) in [4.78, 5) is 24.7. The molecule has 0 aliphatic rings. The SMILES string of the molecule is CC(C)c1ccc(NC(=O)C(C)n2nc(-c3ccco3)ccc2=O)cc1. The zero-order valence-electron chi connectivity index (χ0n) is 15.0. The number of anilines is 1. The van der Waals surface area contributed by atoms with Gasteiger partial charge in [-0.25, -0.2) is 4.68 Å². The van der Waals surface area contributed by atoms with Crippen molar-refractivity contribution < 1.29 is 9.21 Å². The lowest BCUT2D eigenvalue weighted by molar-refractivity contribution is -0.119. The Morgan fingerprint density at radius 2 is 1.81 bits per heavy atom. The molecule has 1 N–H and O–H groups in total. The predicted molar refractivity (Wildman–Crippen MR) is 100 cm³/mol. The molecule has 0 fully saturated rings. The van der Waals surface area contributed by atoms with E-state index >= 15 is 0 Å². The number of hydrogen-bond acceptors (Lipinski definition) is 4. The van der Waals surface area contributed by atoms with Crippen LogP contribution in [0.3, 0.4) is 0 Å². The zero-order chi connectivity index (χ0) is 18.7. The van der Waals surface area contributed by atoms with Gasteiger partial charge in [0, 0.05) is 11.8 Å². The Balaban J connectivity index is 1.80. The minimum absolute atomic E-state index is 0.312. The van der Waals surface area contributed by atoms with Gasteiger partial charge in [-0.3, -0.25) is 9.59 Å². The maximum absolute atomic E-state index is 12.5. The molecule has 6 heteroatoms. The van der Waals surface area contributed by atoms with Crippen LogP contribution < -0.4 is 10.9 Å². The molecule has 0 saturated carbocycles. The van der Waals surface area contributed by atoms with Crippen molar-refractivity contribution >= 4 is 11.6 Å². The maximum atomic E-state index is 12.5. The summed E-state index contributed by atoms with van der Waals surface area (Å²) in [6.07, 6.45) is 1.53. The Bertz CT molecular complexity index is 941. The number of carbonyl (C=O) groups is 1. The van der Waals surface area contributed by atoms with Gasteiger partial charge in [-0.05, 0) is 48.7 Å². The summed E-state index contributed by atoms with van der Waals surface area (Å²) in [5.41, 5.74) is 2.02. The molecule has 0 aliphatic carbocycles. The van der Waals surface area contributed by atoms with Gasteiger partial charge in [-0.1, -0.05) is 26.0 Å². The molecule has 0 radical (unpaired) electrons. The number of hydrogen-bond donors (Lipinski definition) is 1. The average molecular weight is 351 g/mol. The lowest BCUT2D eigenvalue weighted by atomic mass is 10.0. The van der Waals surface area contributed by atoms with Crippen molar-refractivity contribution in [3.8, 4) is 11.5 Å². The molecular weight excluding hydrogens is 330 g/mol. The maximum Gasteiger partial charge on any atom is 0.267 e. The van der Waals surface area contributed by atoms with Gasteiger partial charge in [0.25, 0.3) is 5.56 Å². The summed E-state index contributed by atoms with van der Waals surface area (Å²) in [7, 11) is 0. The third-order valence-electron chi connectivity index (χ3n) is 4.19. The molecule has 2 heterocycles. The number of carbonyl (C=O) groups excluding carboxylic acids is 1. The van der Waals surface area contributed by atoms with E-state index in [1.165, 1.54) is 17.9 Å². The summed E-state index contributed by atoms with van der Waals surface area (Å²) in [6.45, 7) is 5.86. The molecule has 0 saturated heterocycles. The van der Waals surface area contributed by atoms with Crippen LogP contribution >= 0.6 is 0 Å². The van der Waals surface area contributed by atoms with Crippen LogP contribution in [0.15, 0.2) is 64.0 Å². The van der Waals surface area contributed by atoms with Gasteiger partial charge in [-0.2, -0.15) is 5.10 Å². The van der Waals surface area contributed by atoms with Crippen molar-refractivity contribution in [1.29, 1.82) is 0 Å². The average Bonchev–Trinajstić information content (AvgIpc) is 3.16. The number of amides is 1. The summed E-state index contributed by atoms with van der Waals surface area (Å²) < 4.78 is 6.46. The van der Waals surface area contributed by atoms with Crippen LogP contribution in [0.1, 0.15) is 38.3 Å². The molecule has 1 unspecified atom stereocenters. The molecule has 3 rings (SSSR count). The minimum atomic E-state index is -0.762. The lowest BCUT2D eigenvalue weighted by Crippen LogP contribution is -2.33. The van der Waals surface area contributed by atoms with Crippen LogP contribution in [-0.2, 0) is 4.79 Å². The lowest BCUT2D eigenvalue weighted by Gasteiger charge is -2.15. The van der Waals surface area contributed by atoms with Gasteiger partial charge >= 0.3 is 0 Å².